The lowest BCUT2D eigenvalue weighted by Gasteiger charge is -2.25. The van der Waals surface area contributed by atoms with Crippen molar-refractivity contribution in [1.82, 2.24) is 20.1 Å². The van der Waals surface area contributed by atoms with Crippen LogP contribution in [0.25, 0.3) is 0 Å². The van der Waals surface area contributed by atoms with Crippen LogP contribution in [0, 0.1) is 5.92 Å². The third kappa shape index (κ3) is 2.71. The quantitative estimate of drug-likeness (QED) is 0.556. The lowest BCUT2D eigenvalue weighted by Crippen LogP contribution is -2.37. The van der Waals surface area contributed by atoms with Gasteiger partial charge in [-0.15, -0.1) is 0 Å². The van der Waals surface area contributed by atoms with Crippen molar-refractivity contribution in [2.75, 3.05) is 6.54 Å². The second-order valence-electron chi connectivity index (χ2n) is 4.18. The van der Waals surface area contributed by atoms with E-state index in [2.05, 4.69) is 20.4 Å². The monoisotopic (exact) mass is 222 g/mol. The van der Waals surface area contributed by atoms with Gasteiger partial charge in [-0.1, -0.05) is 6.42 Å². The number of nitrogens with zero attached hydrogens (tertiary/aromatic N) is 4. The summed E-state index contributed by atoms with van der Waals surface area (Å²) in [5.74, 6) is 2.09. The molecular formula is C10H18N6. The van der Waals surface area contributed by atoms with E-state index in [0.29, 0.717) is 12.5 Å². The van der Waals surface area contributed by atoms with E-state index in [4.69, 9.17) is 5.73 Å². The van der Waals surface area contributed by atoms with Crippen molar-refractivity contribution in [2.24, 2.45) is 23.7 Å². The molecule has 0 unspecified atom stereocenters. The molecule has 1 aliphatic rings. The Morgan fingerprint density at radius 3 is 3.06 bits per heavy atom. The lowest BCUT2D eigenvalue weighted by atomic mass is 9.85. The van der Waals surface area contributed by atoms with E-state index in [0.717, 1.165) is 18.3 Å². The Morgan fingerprint density at radius 2 is 2.50 bits per heavy atom. The molecule has 6 nitrogen and oxygen atoms in total. The van der Waals surface area contributed by atoms with Gasteiger partial charge in [-0.25, -0.2) is 9.98 Å². The van der Waals surface area contributed by atoms with Crippen LogP contribution in [-0.4, -0.2) is 27.3 Å². The van der Waals surface area contributed by atoms with E-state index in [1.807, 2.05) is 7.05 Å². The Labute approximate surface area is 95.0 Å². The van der Waals surface area contributed by atoms with Crippen molar-refractivity contribution >= 4 is 5.96 Å². The summed E-state index contributed by atoms with van der Waals surface area (Å²) < 4.78 is 1.70. The Bertz CT molecular complexity index is 365. The lowest BCUT2D eigenvalue weighted by molar-refractivity contribution is 0.315. The van der Waals surface area contributed by atoms with Crippen LogP contribution in [0.15, 0.2) is 11.3 Å². The zero-order valence-corrected chi connectivity index (χ0v) is 9.56. The number of hydrogen-bond donors (Lipinski definition) is 2. The number of hydrogen-bond acceptors (Lipinski definition) is 3. The second kappa shape index (κ2) is 4.96. The highest BCUT2D eigenvalue weighted by Gasteiger charge is 2.16. The van der Waals surface area contributed by atoms with Gasteiger partial charge in [0, 0.05) is 13.6 Å². The fourth-order valence-electron chi connectivity index (χ4n) is 1.62. The molecule has 0 aliphatic heterocycles. The Morgan fingerprint density at radius 1 is 1.69 bits per heavy atom. The SMILES string of the molecule is Cn1ncnc1CN=C(N)NCC1CCC1. The fraction of sp³-hybridized carbons (Fsp3) is 0.700. The largest absolute Gasteiger partial charge is 0.370 e. The number of aliphatic imine (C=N–C) groups is 1. The molecule has 6 heteroatoms. The van der Waals surface area contributed by atoms with E-state index in [1.165, 1.54) is 25.6 Å². The first kappa shape index (κ1) is 10.9. The predicted molar refractivity (Wildman–Crippen MR) is 61.7 cm³/mol. The van der Waals surface area contributed by atoms with Crippen molar-refractivity contribution in [3.8, 4) is 0 Å². The number of rotatable bonds is 4. The average molecular weight is 222 g/mol. The molecule has 0 bridgehead atoms. The number of nitrogens with one attached hydrogen (secondary N) is 1. The third-order valence-corrected chi connectivity index (χ3v) is 2.99. The number of nitrogens with two attached hydrogens (primary N) is 1. The molecule has 1 fully saturated rings. The van der Waals surface area contributed by atoms with Crippen molar-refractivity contribution in [3.63, 3.8) is 0 Å². The maximum atomic E-state index is 5.75. The maximum absolute atomic E-state index is 5.75. The van der Waals surface area contributed by atoms with Gasteiger partial charge in [-0.2, -0.15) is 5.10 Å². The van der Waals surface area contributed by atoms with Gasteiger partial charge < -0.3 is 11.1 Å². The standard InChI is InChI=1S/C10H18N6/c1-16-9(14-7-15-16)6-13-10(11)12-5-8-3-2-4-8/h7-8H,2-6H2,1H3,(H3,11,12,13). The molecule has 1 heterocycles. The van der Waals surface area contributed by atoms with Gasteiger partial charge in [0.25, 0.3) is 0 Å². The average Bonchev–Trinajstić information content (AvgIpc) is 2.59. The molecule has 1 aromatic rings. The molecule has 1 saturated carbocycles. The zero-order chi connectivity index (χ0) is 11.4. The van der Waals surface area contributed by atoms with Gasteiger partial charge in [0.2, 0.25) is 0 Å². The molecule has 0 amide bonds. The minimum absolute atomic E-state index is 0.472. The van der Waals surface area contributed by atoms with Crippen molar-refractivity contribution in [1.29, 1.82) is 0 Å². The summed E-state index contributed by atoms with van der Waals surface area (Å²) in [5.41, 5.74) is 5.75. The van der Waals surface area contributed by atoms with Gasteiger partial charge in [0.15, 0.2) is 5.96 Å². The smallest absolute Gasteiger partial charge is 0.189 e. The van der Waals surface area contributed by atoms with Gasteiger partial charge in [0.05, 0.1) is 0 Å². The van der Waals surface area contributed by atoms with Crippen molar-refractivity contribution in [3.05, 3.63) is 12.2 Å². The summed E-state index contributed by atoms with van der Waals surface area (Å²) in [6, 6.07) is 0. The summed E-state index contributed by atoms with van der Waals surface area (Å²) in [7, 11) is 1.84. The molecule has 16 heavy (non-hydrogen) atoms. The summed E-state index contributed by atoms with van der Waals surface area (Å²) in [6.07, 6.45) is 5.48. The maximum Gasteiger partial charge on any atom is 0.189 e. The molecule has 0 aromatic carbocycles. The van der Waals surface area contributed by atoms with E-state index >= 15 is 0 Å². The molecule has 3 N–H and O–H groups in total. The fourth-order valence-corrected chi connectivity index (χ4v) is 1.62. The van der Waals surface area contributed by atoms with Crippen LogP contribution in [0.1, 0.15) is 25.1 Å². The van der Waals surface area contributed by atoms with Crippen LogP contribution < -0.4 is 11.1 Å². The summed E-state index contributed by atoms with van der Waals surface area (Å²) in [5, 5.41) is 7.10. The van der Waals surface area contributed by atoms with Gasteiger partial charge in [0.1, 0.15) is 18.7 Å². The molecule has 0 atom stereocenters. The first-order valence-electron chi connectivity index (χ1n) is 5.62. The van der Waals surface area contributed by atoms with Crippen molar-refractivity contribution < 1.29 is 0 Å². The van der Waals surface area contributed by atoms with Crippen LogP contribution in [-0.2, 0) is 13.6 Å². The van der Waals surface area contributed by atoms with E-state index in [-0.39, 0.29) is 0 Å². The van der Waals surface area contributed by atoms with Crippen LogP contribution in [0.2, 0.25) is 0 Å². The summed E-state index contributed by atoms with van der Waals surface area (Å²) >= 11 is 0. The summed E-state index contributed by atoms with van der Waals surface area (Å²) in [6.45, 7) is 1.41. The minimum atomic E-state index is 0.472. The highest BCUT2D eigenvalue weighted by molar-refractivity contribution is 5.77. The van der Waals surface area contributed by atoms with Gasteiger partial charge >= 0.3 is 0 Å². The molecule has 1 aliphatic carbocycles. The highest BCUT2D eigenvalue weighted by Crippen LogP contribution is 2.24. The van der Waals surface area contributed by atoms with E-state index < -0.39 is 0 Å². The van der Waals surface area contributed by atoms with Gasteiger partial charge in [-0.3, -0.25) is 4.68 Å². The van der Waals surface area contributed by atoms with Gasteiger partial charge in [-0.05, 0) is 18.8 Å². The number of aromatic nitrogens is 3. The third-order valence-electron chi connectivity index (χ3n) is 2.99. The minimum Gasteiger partial charge on any atom is -0.370 e. The molecule has 88 valence electrons. The molecular weight excluding hydrogens is 204 g/mol. The van der Waals surface area contributed by atoms with E-state index in [9.17, 15) is 0 Å². The Balaban J connectivity index is 1.75. The number of aryl methyl sites for hydroxylation is 1. The molecule has 0 saturated heterocycles. The summed E-state index contributed by atoms with van der Waals surface area (Å²) in [4.78, 5) is 8.29. The van der Waals surface area contributed by atoms with Crippen LogP contribution >= 0.6 is 0 Å². The first-order chi connectivity index (χ1) is 7.75. The zero-order valence-electron chi connectivity index (χ0n) is 9.56. The Kier molecular flexibility index (Phi) is 3.38. The van der Waals surface area contributed by atoms with Crippen LogP contribution in [0.3, 0.4) is 0 Å². The molecule has 0 spiro atoms. The van der Waals surface area contributed by atoms with Crippen LogP contribution in [0.5, 0.6) is 0 Å². The second-order valence-corrected chi connectivity index (χ2v) is 4.18. The van der Waals surface area contributed by atoms with Crippen LogP contribution in [0.4, 0.5) is 0 Å². The predicted octanol–water partition coefficient (Wildman–Crippen LogP) is 0.0195. The topological polar surface area (TPSA) is 81.1 Å². The number of guanidine groups is 1. The highest BCUT2D eigenvalue weighted by atomic mass is 15.3. The van der Waals surface area contributed by atoms with E-state index in [1.54, 1.807) is 4.68 Å². The molecule has 1 aromatic heterocycles. The Hall–Kier alpha value is -1.59. The van der Waals surface area contributed by atoms with Crippen molar-refractivity contribution in [2.45, 2.75) is 25.8 Å². The molecule has 0 radical (unpaired) electrons. The first-order valence-corrected chi connectivity index (χ1v) is 5.62. The molecule has 2 rings (SSSR count). The normalized spacial score (nSPS) is 17.2.